The predicted octanol–water partition coefficient (Wildman–Crippen LogP) is 3.68. The highest BCUT2D eigenvalue weighted by Gasteiger charge is 2.18. The standard InChI is InChI=1S/C19H16O2P2/c20-22(21)15-16-8-7-13-19(14-16)23(17-9-3-1-4-10-17)18-11-5-2-6-12-18/h1-14H,15H2/p+1. The summed E-state index contributed by atoms with van der Waals surface area (Å²) in [6, 6.07) is 28.9. The maximum absolute atomic E-state index is 11.1. The van der Waals surface area contributed by atoms with Crippen LogP contribution < -0.4 is 15.9 Å². The number of benzene rings is 3. The summed E-state index contributed by atoms with van der Waals surface area (Å²) in [4.78, 5) is 9.18. The normalized spacial score (nSPS) is 11.5. The highest BCUT2D eigenvalue weighted by Crippen LogP contribution is 2.33. The summed E-state index contributed by atoms with van der Waals surface area (Å²) in [6.07, 6.45) is 0.204. The van der Waals surface area contributed by atoms with Gasteiger partial charge in [-0.25, -0.2) is 0 Å². The molecule has 3 rings (SSSR count). The lowest BCUT2D eigenvalue weighted by Crippen LogP contribution is -2.20. The van der Waals surface area contributed by atoms with Crippen LogP contribution in [0, 0.1) is 0 Å². The third-order valence-electron chi connectivity index (χ3n) is 3.52. The van der Waals surface area contributed by atoms with Gasteiger partial charge in [-0.05, 0) is 34.5 Å². The van der Waals surface area contributed by atoms with Gasteiger partial charge in [-0.3, -0.25) is 0 Å². The van der Waals surface area contributed by atoms with Crippen LogP contribution in [0.2, 0.25) is 0 Å². The molecule has 23 heavy (non-hydrogen) atoms. The molecular formula is C19H17O2P2+. The third kappa shape index (κ3) is 4.12. The number of hydrogen-bond acceptors (Lipinski definition) is 1. The summed E-state index contributed by atoms with van der Waals surface area (Å²) in [6.45, 7) is 0. The van der Waals surface area contributed by atoms with Crippen LogP contribution in [0.5, 0.6) is 0 Å². The van der Waals surface area contributed by atoms with Crippen LogP contribution in [0.4, 0.5) is 0 Å². The SMILES string of the molecule is O=[P+](O)Cc1cccc(P(c2ccccc2)c2ccccc2)c1. The van der Waals surface area contributed by atoms with E-state index in [1.807, 2.05) is 24.3 Å². The second kappa shape index (κ2) is 7.62. The average Bonchev–Trinajstić information content (AvgIpc) is 2.57. The van der Waals surface area contributed by atoms with E-state index in [1.165, 1.54) is 15.9 Å². The zero-order chi connectivity index (χ0) is 16.1. The largest absolute Gasteiger partial charge is 0.510 e. The van der Waals surface area contributed by atoms with Crippen molar-refractivity contribution in [3.8, 4) is 0 Å². The van der Waals surface area contributed by atoms with Crippen molar-refractivity contribution in [2.45, 2.75) is 6.16 Å². The summed E-state index contributed by atoms with van der Waals surface area (Å²) in [7, 11) is -2.82. The molecule has 114 valence electrons. The first kappa shape index (κ1) is 16.0. The van der Waals surface area contributed by atoms with Gasteiger partial charge in [-0.15, -0.1) is 0 Å². The predicted molar refractivity (Wildman–Crippen MR) is 98.7 cm³/mol. The molecule has 0 saturated heterocycles. The first-order valence-corrected chi connectivity index (χ1v) is 10.1. The minimum atomic E-state index is -2.16. The van der Waals surface area contributed by atoms with Crippen LogP contribution in [0.15, 0.2) is 84.9 Å². The van der Waals surface area contributed by atoms with Gasteiger partial charge in [-0.1, -0.05) is 78.9 Å². The van der Waals surface area contributed by atoms with E-state index < -0.39 is 15.9 Å². The minimum absolute atomic E-state index is 0.204. The molecule has 1 N–H and O–H groups in total. The van der Waals surface area contributed by atoms with Crippen LogP contribution in [0.25, 0.3) is 0 Å². The Labute approximate surface area is 138 Å². The van der Waals surface area contributed by atoms with Gasteiger partial charge in [0.05, 0.1) is 0 Å². The molecule has 1 unspecified atom stereocenters. The monoisotopic (exact) mass is 339 g/mol. The summed E-state index contributed by atoms with van der Waals surface area (Å²) < 4.78 is 11.1. The van der Waals surface area contributed by atoms with Crippen molar-refractivity contribution in [3.63, 3.8) is 0 Å². The zero-order valence-electron chi connectivity index (χ0n) is 12.5. The molecule has 3 aromatic carbocycles. The molecule has 0 radical (unpaired) electrons. The molecule has 1 atom stereocenters. The number of rotatable bonds is 5. The zero-order valence-corrected chi connectivity index (χ0v) is 14.3. The molecule has 0 amide bonds. The van der Waals surface area contributed by atoms with Crippen LogP contribution >= 0.6 is 15.9 Å². The smallest absolute Gasteiger partial charge is 0.160 e. The fraction of sp³-hybridized carbons (Fsp3) is 0.0526. The molecule has 3 aromatic rings. The molecule has 0 heterocycles. The van der Waals surface area contributed by atoms with Crippen molar-refractivity contribution >= 4 is 31.9 Å². The van der Waals surface area contributed by atoms with Gasteiger partial charge >= 0.3 is 8.03 Å². The Morgan fingerprint density at radius 1 is 0.739 bits per heavy atom. The van der Waals surface area contributed by atoms with Crippen molar-refractivity contribution in [3.05, 3.63) is 90.5 Å². The first-order chi connectivity index (χ1) is 11.2. The molecule has 0 fully saturated rings. The van der Waals surface area contributed by atoms with Gasteiger partial charge in [-0.2, -0.15) is 4.89 Å². The maximum Gasteiger partial charge on any atom is 0.510 e. The fourth-order valence-corrected chi connectivity index (χ4v) is 5.43. The van der Waals surface area contributed by atoms with E-state index in [0.29, 0.717) is 0 Å². The summed E-state index contributed by atoms with van der Waals surface area (Å²) in [5.74, 6) is 0. The molecule has 4 heteroatoms. The Balaban J connectivity index is 2.07. The molecule has 0 aliphatic rings. The van der Waals surface area contributed by atoms with Crippen LogP contribution in [0.3, 0.4) is 0 Å². The lowest BCUT2D eigenvalue weighted by molar-refractivity contribution is 0.502. The molecule has 0 aliphatic heterocycles. The summed E-state index contributed by atoms with van der Waals surface area (Å²) >= 11 is 0. The minimum Gasteiger partial charge on any atom is -0.160 e. The Morgan fingerprint density at radius 2 is 1.26 bits per heavy atom. The molecule has 0 aliphatic carbocycles. The van der Waals surface area contributed by atoms with Crippen LogP contribution in [-0.4, -0.2) is 4.89 Å². The first-order valence-electron chi connectivity index (χ1n) is 7.37. The third-order valence-corrected chi connectivity index (χ3v) is 6.57. The van der Waals surface area contributed by atoms with Gasteiger partial charge in [0, 0.05) is 5.56 Å². The quantitative estimate of drug-likeness (QED) is 0.720. The van der Waals surface area contributed by atoms with E-state index in [1.54, 1.807) is 0 Å². The van der Waals surface area contributed by atoms with E-state index >= 15 is 0 Å². The second-order valence-corrected chi connectivity index (χ2v) is 8.43. The average molecular weight is 339 g/mol. The van der Waals surface area contributed by atoms with Crippen molar-refractivity contribution in [2.75, 3.05) is 0 Å². The van der Waals surface area contributed by atoms with Crippen LogP contribution in [0.1, 0.15) is 5.56 Å². The van der Waals surface area contributed by atoms with E-state index in [0.717, 1.165) is 5.56 Å². The molecular weight excluding hydrogens is 322 g/mol. The van der Waals surface area contributed by atoms with E-state index in [-0.39, 0.29) is 6.16 Å². The Kier molecular flexibility index (Phi) is 5.31. The van der Waals surface area contributed by atoms with Crippen molar-refractivity contribution in [1.29, 1.82) is 0 Å². The van der Waals surface area contributed by atoms with E-state index in [2.05, 4.69) is 60.7 Å². The second-order valence-electron chi connectivity index (χ2n) is 5.19. The molecule has 0 bridgehead atoms. The van der Waals surface area contributed by atoms with Gasteiger partial charge in [0.1, 0.15) is 0 Å². The van der Waals surface area contributed by atoms with Gasteiger partial charge in [0.2, 0.25) is 6.16 Å². The van der Waals surface area contributed by atoms with Crippen molar-refractivity contribution in [2.24, 2.45) is 0 Å². The lowest BCUT2D eigenvalue weighted by Gasteiger charge is -2.19. The van der Waals surface area contributed by atoms with Gasteiger partial charge in [0.25, 0.3) is 0 Å². The van der Waals surface area contributed by atoms with E-state index in [4.69, 9.17) is 0 Å². The highest BCUT2D eigenvalue weighted by molar-refractivity contribution is 7.79. The Bertz CT molecular complexity index is 749. The van der Waals surface area contributed by atoms with E-state index in [9.17, 15) is 9.46 Å². The molecule has 0 aromatic heterocycles. The van der Waals surface area contributed by atoms with Crippen molar-refractivity contribution in [1.82, 2.24) is 0 Å². The topological polar surface area (TPSA) is 37.3 Å². The van der Waals surface area contributed by atoms with Crippen molar-refractivity contribution < 1.29 is 9.46 Å². The molecule has 0 saturated carbocycles. The lowest BCUT2D eigenvalue weighted by atomic mass is 10.2. The summed E-state index contributed by atoms with van der Waals surface area (Å²) in [5.41, 5.74) is 0.908. The fourth-order valence-electron chi connectivity index (χ4n) is 2.55. The van der Waals surface area contributed by atoms with Gasteiger partial charge < -0.3 is 0 Å². The highest BCUT2D eigenvalue weighted by atomic mass is 31.1. The van der Waals surface area contributed by atoms with Crippen LogP contribution in [-0.2, 0) is 10.7 Å². The molecule has 2 nitrogen and oxygen atoms in total. The van der Waals surface area contributed by atoms with Gasteiger partial charge in [0.15, 0.2) is 0 Å². The molecule has 0 spiro atoms. The maximum atomic E-state index is 11.1. The Morgan fingerprint density at radius 3 is 1.78 bits per heavy atom. The summed E-state index contributed by atoms with van der Waals surface area (Å²) in [5, 5.41) is 3.75. The number of hydrogen-bond donors (Lipinski definition) is 1. The Hall–Kier alpha value is -1.85.